The van der Waals surface area contributed by atoms with Crippen LogP contribution in [-0.4, -0.2) is 41.9 Å². The number of aryl methyl sites for hydroxylation is 1. The number of para-hydroxylation sites is 1. The van der Waals surface area contributed by atoms with Crippen molar-refractivity contribution < 1.29 is 23.8 Å². The second-order valence-corrected chi connectivity index (χ2v) is 8.70. The third-order valence-electron chi connectivity index (χ3n) is 5.76. The molecule has 10 heteroatoms. The topological polar surface area (TPSA) is 104 Å². The average Bonchev–Trinajstić information content (AvgIpc) is 3.25. The highest BCUT2D eigenvalue weighted by atomic mass is 35.5. The van der Waals surface area contributed by atoms with Crippen molar-refractivity contribution in [1.82, 2.24) is 9.78 Å². The minimum atomic E-state index is -0.460. The molecular formula is C29H29ClN4O5. The number of anilines is 2. The Morgan fingerprint density at radius 2 is 1.44 bits per heavy atom. The van der Waals surface area contributed by atoms with E-state index in [2.05, 4.69) is 15.7 Å². The summed E-state index contributed by atoms with van der Waals surface area (Å²) in [5.74, 6) is 0.557. The molecule has 1 heterocycles. The van der Waals surface area contributed by atoms with E-state index < -0.39 is 5.91 Å². The number of hydrogen-bond donors (Lipinski definition) is 2. The smallest absolute Gasteiger partial charge is 0.260 e. The molecule has 0 aliphatic carbocycles. The number of carbonyl (C=O) groups excluding carboxylic acids is 2. The molecule has 0 radical (unpaired) electrons. The van der Waals surface area contributed by atoms with Crippen molar-refractivity contribution in [3.05, 3.63) is 88.7 Å². The number of benzene rings is 3. The minimum Gasteiger partial charge on any atom is -0.497 e. The number of hydrogen-bond acceptors (Lipinski definition) is 6. The Bertz CT molecular complexity index is 1470. The first-order valence-electron chi connectivity index (χ1n) is 12.4. The van der Waals surface area contributed by atoms with Crippen LogP contribution in [0.25, 0.3) is 5.69 Å². The number of rotatable bonds is 10. The van der Waals surface area contributed by atoms with Crippen LogP contribution in [0.1, 0.15) is 40.3 Å². The number of nitrogens with zero attached hydrogens (tertiary/aromatic N) is 2. The molecule has 0 aliphatic rings. The fourth-order valence-corrected chi connectivity index (χ4v) is 4.28. The van der Waals surface area contributed by atoms with Crippen LogP contribution in [0.5, 0.6) is 17.2 Å². The largest absolute Gasteiger partial charge is 0.497 e. The molecule has 39 heavy (non-hydrogen) atoms. The molecule has 0 fully saturated rings. The Hall–Kier alpha value is -4.50. The summed E-state index contributed by atoms with van der Waals surface area (Å²) in [6.07, 6.45) is 0. The molecule has 0 saturated carbocycles. The predicted octanol–water partition coefficient (Wildman–Crippen LogP) is 6.14. The zero-order valence-electron chi connectivity index (χ0n) is 22.1. The fraction of sp³-hybridized carbons (Fsp3) is 0.207. The highest BCUT2D eigenvalue weighted by molar-refractivity contribution is 6.34. The maximum absolute atomic E-state index is 13.4. The maximum Gasteiger partial charge on any atom is 0.260 e. The standard InChI is InChI=1S/C29H29ClN4O5/c1-5-38-24-17-23(32-29(36)26-18(3)33-34(27(26)30)20-10-8-7-9-11-20)25(39-6-2)16-22(24)31-28(35)19-12-14-21(37-4)15-13-19/h7-17H,5-6H2,1-4H3,(H,31,35)(H,32,36). The maximum atomic E-state index is 13.4. The molecule has 0 saturated heterocycles. The van der Waals surface area contributed by atoms with Crippen LogP contribution in [0.3, 0.4) is 0 Å². The van der Waals surface area contributed by atoms with Gasteiger partial charge in [-0.3, -0.25) is 9.59 Å². The van der Waals surface area contributed by atoms with Gasteiger partial charge in [0.1, 0.15) is 28.0 Å². The van der Waals surface area contributed by atoms with Crippen molar-refractivity contribution in [2.24, 2.45) is 0 Å². The lowest BCUT2D eigenvalue weighted by Gasteiger charge is -2.18. The van der Waals surface area contributed by atoms with Crippen LogP contribution in [0.2, 0.25) is 5.15 Å². The lowest BCUT2D eigenvalue weighted by molar-refractivity contribution is 0.101. The SMILES string of the molecule is CCOc1cc(NC(=O)c2c(C)nn(-c3ccccc3)c2Cl)c(OCC)cc1NC(=O)c1ccc(OC)cc1. The van der Waals surface area contributed by atoms with E-state index in [1.807, 2.05) is 44.2 Å². The third kappa shape index (κ3) is 6.15. The van der Waals surface area contributed by atoms with Crippen LogP contribution < -0.4 is 24.8 Å². The predicted molar refractivity (Wildman–Crippen MR) is 151 cm³/mol. The van der Waals surface area contributed by atoms with Gasteiger partial charge in [-0.1, -0.05) is 29.8 Å². The summed E-state index contributed by atoms with van der Waals surface area (Å²) in [6.45, 7) is 6.02. The van der Waals surface area contributed by atoms with Crippen molar-refractivity contribution in [2.75, 3.05) is 31.0 Å². The fourth-order valence-electron chi connectivity index (χ4n) is 3.92. The third-order valence-corrected chi connectivity index (χ3v) is 6.11. The molecule has 4 rings (SSSR count). The Kier molecular flexibility index (Phi) is 8.73. The van der Waals surface area contributed by atoms with Gasteiger partial charge in [-0.15, -0.1) is 0 Å². The van der Waals surface area contributed by atoms with Gasteiger partial charge in [0.25, 0.3) is 11.8 Å². The number of amides is 2. The molecule has 1 aromatic heterocycles. The van der Waals surface area contributed by atoms with E-state index in [1.165, 1.54) is 4.68 Å². The summed E-state index contributed by atoms with van der Waals surface area (Å²) in [4.78, 5) is 26.3. The van der Waals surface area contributed by atoms with Gasteiger partial charge in [0.2, 0.25) is 0 Å². The van der Waals surface area contributed by atoms with Crippen molar-refractivity contribution in [2.45, 2.75) is 20.8 Å². The molecule has 0 bridgehead atoms. The Balaban J connectivity index is 1.65. The van der Waals surface area contributed by atoms with Crippen LogP contribution in [-0.2, 0) is 0 Å². The summed E-state index contributed by atoms with van der Waals surface area (Å²) in [6, 6.07) is 19.3. The number of halogens is 1. The van der Waals surface area contributed by atoms with Gasteiger partial charge in [-0.25, -0.2) is 4.68 Å². The normalized spacial score (nSPS) is 10.6. The Morgan fingerprint density at radius 3 is 1.97 bits per heavy atom. The van der Waals surface area contributed by atoms with Crippen LogP contribution in [0.15, 0.2) is 66.7 Å². The van der Waals surface area contributed by atoms with Gasteiger partial charge < -0.3 is 24.8 Å². The molecule has 4 aromatic rings. The minimum absolute atomic E-state index is 0.183. The van der Waals surface area contributed by atoms with Crippen molar-refractivity contribution in [3.63, 3.8) is 0 Å². The van der Waals surface area contributed by atoms with Crippen LogP contribution >= 0.6 is 11.6 Å². The summed E-state index contributed by atoms with van der Waals surface area (Å²) in [7, 11) is 1.56. The van der Waals surface area contributed by atoms with E-state index >= 15 is 0 Å². The molecule has 0 spiro atoms. The molecule has 0 aliphatic heterocycles. The molecular weight excluding hydrogens is 520 g/mol. The van der Waals surface area contributed by atoms with E-state index in [4.69, 9.17) is 25.8 Å². The number of ether oxygens (including phenoxy) is 3. The van der Waals surface area contributed by atoms with Crippen molar-refractivity contribution >= 4 is 34.8 Å². The van der Waals surface area contributed by atoms with Crippen LogP contribution in [0.4, 0.5) is 11.4 Å². The molecule has 2 N–H and O–H groups in total. The van der Waals surface area contributed by atoms with E-state index in [-0.39, 0.29) is 16.6 Å². The van der Waals surface area contributed by atoms with Gasteiger partial charge in [-0.05, 0) is 57.2 Å². The lowest BCUT2D eigenvalue weighted by Crippen LogP contribution is -2.16. The summed E-state index contributed by atoms with van der Waals surface area (Å²) < 4.78 is 18.3. The van der Waals surface area contributed by atoms with Gasteiger partial charge in [0, 0.05) is 17.7 Å². The zero-order valence-corrected chi connectivity index (χ0v) is 22.8. The first-order chi connectivity index (χ1) is 18.9. The van der Waals surface area contributed by atoms with Crippen molar-refractivity contribution in [1.29, 1.82) is 0 Å². The van der Waals surface area contributed by atoms with Gasteiger partial charge in [0.15, 0.2) is 0 Å². The van der Waals surface area contributed by atoms with Gasteiger partial charge >= 0.3 is 0 Å². The first kappa shape index (κ1) is 27.5. The van der Waals surface area contributed by atoms with Gasteiger partial charge in [0.05, 0.1) is 43.1 Å². The van der Waals surface area contributed by atoms with E-state index in [1.54, 1.807) is 50.4 Å². The quantitative estimate of drug-likeness (QED) is 0.246. The summed E-state index contributed by atoms with van der Waals surface area (Å²) in [5, 5.41) is 10.4. The average molecular weight is 549 g/mol. The van der Waals surface area contributed by atoms with E-state index in [0.717, 1.165) is 5.69 Å². The molecule has 0 atom stereocenters. The monoisotopic (exact) mass is 548 g/mol. The number of nitrogens with one attached hydrogen (secondary N) is 2. The Morgan fingerprint density at radius 1 is 0.872 bits per heavy atom. The highest BCUT2D eigenvalue weighted by Gasteiger charge is 2.23. The first-order valence-corrected chi connectivity index (χ1v) is 12.7. The molecule has 9 nitrogen and oxygen atoms in total. The van der Waals surface area contributed by atoms with Gasteiger partial charge in [-0.2, -0.15) is 5.10 Å². The zero-order chi connectivity index (χ0) is 27.9. The second-order valence-electron chi connectivity index (χ2n) is 8.35. The molecule has 3 aromatic carbocycles. The highest BCUT2D eigenvalue weighted by Crippen LogP contribution is 2.38. The molecule has 0 unspecified atom stereocenters. The molecule has 202 valence electrons. The second kappa shape index (κ2) is 12.4. The number of carbonyl (C=O) groups is 2. The van der Waals surface area contributed by atoms with E-state index in [9.17, 15) is 9.59 Å². The Labute approximate surface area is 231 Å². The summed E-state index contributed by atoms with van der Waals surface area (Å²) in [5.41, 5.74) is 2.62. The summed E-state index contributed by atoms with van der Waals surface area (Å²) >= 11 is 6.60. The number of methoxy groups -OCH3 is 1. The lowest BCUT2D eigenvalue weighted by atomic mass is 10.1. The van der Waals surface area contributed by atoms with Crippen molar-refractivity contribution in [3.8, 4) is 22.9 Å². The molecule has 2 amide bonds. The number of aromatic nitrogens is 2. The van der Waals surface area contributed by atoms with Crippen LogP contribution in [0, 0.1) is 6.92 Å². The van der Waals surface area contributed by atoms with E-state index in [0.29, 0.717) is 53.1 Å².